The quantitative estimate of drug-likeness (QED) is 0.230. The maximum atomic E-state index is 13.4. The van der Waals surface area contributed by atoms with Crippen molar-refractivity contribution >= 4 is 29.1 Å². The second-order valence-electron chi connectivity index (χ2n) is 8.86. The molecule has 0 spiro atoms. The Morgan fingerprint density at radius 2 is 1.70 bits per heavy atom. The number of benzene rings is 3. The molecule has 1 heterocycles. The molecule has 7 nitrogen and oxygen atoms in total. The maximum Gasteiger partial charge on any atom is 0.295 e. The van der Waals surface area contributed by atoms with Gasteiger partial charge in [-0.2, -0.15) is 0 Å². The highest BCUT2D eigenvalue weighted by molar-refractivity contribution is 6.46. The average molecular weight is 522 g/mol. The topological polar surface area (TPSA) is 85.3 Å². The summed E-state index contributed by atoms with van der Waals surface area (Å²) in [6, 6.07) is 18.3. The lowest BCUT2D eigenvalue weighted by Gasteiger charge is -2.26. The van der Waals surface area contributed by atoms with Gasteiger partial charge in [-0.3, -0.25) is 9.59 Å². The first-order chi connectivity index (χ1) is 17.7. The summed E-state index contributed by atoms with van der Waals surface area (Å²) in [6.07, 6.45) is -0.0672. The molecule has 1 unspecified atom stereocenters. The van der Waals surface area contributed by atoms with Gasteiger partial charge in [-0.05, 0) is 67.4 Å². The van der Waals surface area contributed by atoms with E-state index in [4.69, 9.17) is 25.8 Å². The van der Waals surface area contributed by atoms with E-state index in [9.17, 15) is 14.7 Å². The van der Waals surface area contributed by atoms with E-state index in [1.165, 1.54) is 18.1 Å². The number of amides is 1. The molecule has 0 aromatic heterocycles. The van der Waals surface area contributed by atoms with Crippen LogP contribution in [0.5, 0.6) is 17.2 Å². The van der Waals surface area contributed by atoms with E-state index >= 15 is 0 Å². The number of nitrogens with zero attached hydrogens (tertiary/aromatic N) is 1. The molecule has 1 aliphatic heterocycles. The fourth-order valence-electron chi connectivity index (χ4n) is 4.31. The largest absolute Gasteiger partial charge is 0.507 e. The molecule has 0 radical (unpaired) electrons. The van der Waals surface area contributed by atoms with Crippen LogP contribution >= 0.6 is 11.6 Å². The number of aliphatic hydroxyl groups is 1. The maximum absolute atomic E-state index is 13.4. The van der Waals surface area contributed by atoms with Gasteiger partial charge in [0.2, 0.25) is 0 Å². The molecule has 37 heavy (non-hydrogen) atoms. The summed E-state index contributed by atoms with van der Waals surface area (Å²) in [6.45, 7) is 3.97. The molecule has 192 valence electrons. The van der Waals surface area contributed by atoms with Gasteiger partial charge in [-0.25, -0.2) is 0 Å². The molecule has 0 aliphatic carbocycles. The normalized spacial score (nSPS) is 16.8. The summed E-state index contributed by atoms with van der Waals surface area (Å²) >= 11 is 6.16. The molecule has 1 N–H and O–H groups in total. The van der Waals surface area contributed by atoms with Crippen molar-refractivity contribution in [2.24, 2.45) is 0 Å². The van der Waals surface area contributed by atoms with Crippen molar-refractivity contribution in [3.63, 3.8) is 0 Å². The Kier molecular flexibility index (Phi) is 7.74. The zero-order valence-corrected chi connectivity index (χ0v) is 21.8. The molecule has 0 saturated carbocycles. The van der Waals surface area contributed by atoms with Crippen molar-refractivity contribution in [1.29, 1.82) is 0 Å². The van der Waals surface area contributed by atoms with E-state index in [2.05, 4.69) is 0 Å². The highest BCUT2D eigenvalue weighted by Crippen LogP contribution is 2.42. The summed E-state index contributed by atoms with van der Waals surface area (Å²) in [5, 5.41) is 11.7. The first-order valence-electron chi connectivity index (χ1n) is 11.7. The molecule has 3 aromatic carbocycles. The van der Waals surface area contributed by atoms with Crippen LogP contribution in [0.15, 0.2) is 72.3 Å². The predicted molar refractivity (Wildman–Crippen MR) is 141 cm³/mol. The van der Waals surface area contributed by atoms with Crippen molar-refractivity contribution < 1.29 is 28.9 Å². The Balaban J connectivity index is 1.85. The fraction of sp³-hybridized carbons (Fsp3) is 0.241. The lowest BCUT2D eigenvalue weighted by atomic mass is 9.95. The van der Waals surface area contributed by atoms with Crippen LogP contribution in [-0.2, 0) is 16.1 Å². The highest BCUT2D eigenvalue weighted by Gasteiger charge is 2.46. The number of halogens is 1. The van der Waals surface area contributed by atoms with Gasteiger partial charge in [-0.1, -0.05) is 35.9 Å². The molecule has 4 rings (SSSR count). The molecule has 1 amide bonds. The lowest BCUT2D eigenvalue weighted by molar-refractivity contribution is -0.140. The van der Waals surface area contributed by atoms with Gasteiger partial charge < -0.3 is 24.2 Å². The zero-order valence-electron chi connectivity index (χ0n) is 21.0. The van der Waals surface area contributed by atoms with Gasteiger partial charge in [0.25, 0.3) is 11.7 Å². The molecule has 3 aromatic rings. The fourth-order valence-corrected chi connectivity index (χ4v) is 4.50. The summed E-state index contributed by atoms with van der Waals surface area (Å²) in [7, 11) is 3.03. The number of ketones is 1. The third kappa shape index (κ3) is 5.42. The highest BCUT2D eigenvalue weighted by atomic mass is 35.5. The van der Waals surface area contributed by atoms with Gasteiger partial charge in [0.15, 0.2) is 0 Å². The molecule has 0 bridgehead atoms. The Labute approximate surface area is 220 Å². The van der Waals surface area contributed by atoms with Crippen LogP contribution in [0.3, 0.4) is 0 Å². The van der Waals surface area contributed by atoms with Gasteiger partial charge in [0.1, 0.15) is 23.0 Å². The summed E-state index contributed by atoms with van der Waals surface area (Å²) in [5.41, 5.74) is 1.72. The summed E-state index contributed by atoms with van der Waals surface area (Å²) < 4.78 is 16.4. The molecule has 1 atom stereocenters. The van der Waals surface area contributed by atoms with Crippen LogP contribution in [0.4, 0.5) is 0 Å². The van der Waals surface area contributed by atoms with E-state index in [0.29, 0.717) is 33.4 Å². The second-order valence-corrected chi connectivity index (χ2v) is 9.27. The number of hydrogen-bond donors (Lipinski definition) is 1. The number of aliphatic hydroxyl groups excluding tert-OH is 1. The van der Waals surface area contributed by atoms with Crippen LogP contribution in [0.25, 0.3) is 5.76 Å². The van der Waals surface area contributed by atoms with Gasteiger partial charge in [-0.15, -0.1) is 0 Å². The van der Waals surface area contributed by atoms with Crippen molar-refractivity contribution in [3.05, 3.63) is 94.0 Å². The molecular formula is C29H28ClNO6. The van der Waals surface area contributed by atoms with Crippen LogP contribution < -0.4 is 14.2 Å². The second kappa shape index (κ2) is 11.0. The number of rotatable bonds is 8. The Hall–Kier alpha value is -3.97. The van der Waals surface area contributed by atoms with Gasteiger partial charge >= 0.3 is 0 Å². The first-order valence-corrected chi connectivity index (χ1v) is 12.1. The molecule has 1 aliphatic rings. The molecular weight excluding hydrogens is 494 g/mol. The number of methoxy groups -OCH3 is 2. The van der Waals surface area contributed by atoms with Gasteiger partial charge in [0, 0.05) is 12.1 Å². The lowest BCUT2D eigenvalue weighted by Crippen LogP contribution is -2.29. The Morgan fingerprint density at radius 1 is 0.973 bits per heavy atom. The minimum absolute atomic E-state index is 0.0235. The SMILES string of the molecule is COc1ccc(CN2C(=O)C(=O)/C(=C(\O)c3ccc(Cl)c(OC)c3)C2c2cccc(OC(C)C)c2)cc1. The van der Waals surface area contributed by atoms with Crippen LogP contribution in [0.1, 0.15) is 36.6 Å². The standard InChI is InChI=1S/C29H28ClNO6/c1-17(2)37-22-7-5-6-19(14-22)26-25(27(32)20-10-13-23(30)24(15-20)36-4)28(33)29(34)31(26)16-18-8-11-21(35-3)12-9-18/h5-15,17,26,32H,16H2,1-4H3/b27-25-. The number of hydrogen-bond acceptors (Lipinski definition) is 6. The van der Waals surface area contributed by atoms with Crippen LogP contribution in [0.2, 0.25) is 5.02 Å². The van der Waals surface area contributed by atoms with E-state index in [1.54, 1.807) is 49.6 Å². The third-order valence-corrected chi connectivity index (χ3v) is 6.33. The monoisotopic (exact) mass is 521 g/mol. The Bertz CT molecular complexity index is 1350. The van der Waals surface area contributed by atoms with Crippen molar-refractivity contribution in [3.8, 4) is 17.2 Å². The Morgan fingerprint density at radius 3 is 2.35 bits per heavy atom. The minimum Gasteiger partial charge on any atom is -0.507 e. The molecule has 1 fully saturated rings. The van der Waals surface area contributed by atoms with E-state index < -0.39 is 17.7 Å². The van der Waals surface area contributed by atoms with E-state index in [1.807, 2.05) is 32.0 Å². The van der Waals surface area contributed by atoms with E-state index in [0.717, 1.165) is 5.56 Å². The number of ether oxygens (including phenoxy) is 3. The van der Waals surface area contributed by atoms with Crippen molar-refractivity contribution in [2.75, 3.05) is 14.2 Å². The number of carbonyl (C=O) groups excluding carboxylic acids is 2. The van der Waals surface area contributed by atoms with Crippen LogP contribution in [-0.4, -0.2) is 42.0 Å². The van der Waals surface area contributed by atoms with E-state index in [-0.39, 0.29) is 24.0 Å². The smallest absolute Gasteiger partial charge is 0.295 e. The van der Waals surface area contributed by atoms with Crippen molar-refractivity contribution in [1.82, 2.24) is 4.90 Å². The van der Waals surface area contributed by atoms with Gasteiger partial charge in [0.05, 0.1) is 37.0 Å². The third-order valence-electron chi connectivity index (χ3n) is 6.02. The number of carbonyl (C=O) groups is 2. The number of Topliss-reactive ketones (excluding diaryl/α,β-unsaturated/α-hetero) is 1. The minimum atomic E-state index is -0.848. The number of likely N-dealkylation sites (tertiary alicyclic amines) is 1. The summed E-state index contributed by atoms with van der Waals surface area (Å²) in [5.74, 6) is -0.195. The molecule has 1 saturated heterocycles. The van der Waals surface area contributed by atoms with Crippen molar-refractivity contribution in [2.45, 2.75) is 32.5 Å². The van der Waals surface area contributed by atoms with Crippen LogP contribution in [0, 0.1) is 0 Å². The zero-order chi connectivity index (χ0) is 26.7. The molecule has 8 heteroatoms. The predicted octanol–water partition coefficient (Wildman–Crippen LogP) is 5.77. The first kappa shape index (κ1) is 26.1. The average Bonchev–Trinajstić information content (AvgIpc) is 3.13. The summed E-state index contributed by atoms with van der Waals surface area (Å²) in [4.78, 5) is 28.2.